The Morgan fingerprint density at radius 1 is 1.16 bits per heavy atom. The summed E-state index contributed by atoms with van der Waals surface area (Å²) in [4.78, 5) is 12.1. The van der Waals surface area contributed by atoms with Crippen molar-refractivity contribution in [1.29, 1.82) is 0 Å². The molecular formula is C21H30BF3N2O4. The molecule has 10 heteroatoms. The lowest BCUT2D eigenvalue weighted by Gasteiger charge is -2.32. The average molecular weight is 442 g/mol. The van der Waals surface area contributed by atoms with Crippen LogP contribution in [-0.4, -0.2) is 36.6 Å². The number of alkyl carbamates (subject to hydrolysis) is 1. The van der Waals surface area contributed by atoms with Gasteiger partial charge in [-0.1, -0.05) is 12.1 Å². The smallest absolute Gasteiger partial charge is 0.444 e. The SMILES string of the molecule is CC(C)(C)OC(=O)NCC(=Cc1c(N)cccc1C(F)(F)F)B1OC(C)(C)C(C)(C)O1. The molecule has 0 aromatic heterocycles. The van der Waals surface area contributed by atoms with E-state index in [0.717, 1.165) is 6.07 Å². The fourth-order valence-corrected chi connectivity index (χ4v) is 2.86. The van der Waals surface area contributed by atoms with Gasteiger partial charge in [0.2, 0.25) is 0 Å². The Hall–Kier alpha value is -2.20. The van der Waals surface area contributed by atoms with Gasteiger partial charge in [-0.05, 0) is 66.1 Å². The number of carbonyl (C=O) groups is 1. The van der Waals surface area contributed by atoms with Crippen LogP contribution < -0.4 is 11.1 Å². The van der Waals surface area contributed by atoms with Gasteiger partial charge in [-0.25, -0.2) is 4.79 Å². The zero-order valence-corrected chi connectivity index (χ0v) is 18.9. The molecule has 6 nitrogen and oxygen atoms in total. The summed E-state index contributed by atoms with van der Waals surface area (Å²) in [5, 5.41) is 2.56. The van der Waals surface area contributed by atoms with Gasteiger partial charge in [-0.2, -0.15) is 13.2 Å². The summed E-state index contributed by atoms with van der Waals surface area (Å²) >= 11 is 0. The lowest BCUT2D eigenvalue weighted by atomic mass is 9.76. The third-order valence-electron chi connectivity index (χ3n) is 5.17. The van der Waals surface area contributed by atoms with E-state index >= 15 is 0 Å². The van der Waals surface area contributed by atoms with Crippen LogP contribution in [0.1, 0.15) is 59.6 Å². The Bertz CT molecular complexity index is 845. The number of nitrogen functional groups attached to an aromatic ring is 1. The molecule has 1 fully saturated rings. The van der Waals surface area contributed by atoms with Crippen molar-refractivity contribution in [2.75, 3.05) is 12.3 Å². The minimum Gasteiger partial charge on any atom is -0.444 e. The Balaban J connectivity index is 2.46. The molecule has 1 saturated heterocycles. The second-order valence-corrected chi connectivity index (χ2v) is 9.47. The highest BCUT2D eigenvalue weighted by Gasteiger charge is 2.52. The molecule has 3 N–H and O–H groups in total. The predicted octanol–water partition coefficient (Wildman–Crippen LogP) is 4.83. The molecule has 1 amide bonds. The fraction of sp³-hybridized carbons (Fsp3) is 0.571. The first kappa shape index (κ1) is 25.1. The van der Waals surface area contributed by atoms with Crippen molar-refractivity contribution in [2.24, 2.45) is 0 Å². The highest BCUT2D eigenvalue weighted by Crippen LogP contribution is 2.40. The van der Waals surface area contributed by atoms with E-state index in [4.69, 9.17) is 19.8 Å². The second-order valence-electron chi connectivity index (χ2n) is 9.47. The van der Waals surface area contributed by atoms with Crippen LogP contribution in [0.15, 0.2) is 23.7 Å². The Kier molecular flexibility index (Phi) is 6.78. The van der Waals surface area contributed by atoms with Gasteiger partial charge < -0.3 is 25.1 Å². The van der Waals surface area contributed by atoms with Crippen LogP contribution in [0.3, 0.4) is 0 Å². The minimum atomic E-state index is -4.61. The van der Waals surface area contributed by atoms with Crippen molar-refractivity contribution in [2.45, 2.75) is 71.4 Å². The van der Waals surface area contributed by atoms with Gasteiger partial charge in [0.25, 0.3) is 0 Å². The summed E-state index contributed by atoms with van der Waals surface area (Å²) in [6.45, 7) is 12.3. The van der Waals surface area contributed by atoms with E-state index in [1.807, 2.05) is 27.7 Å². The van der Waals surface area contributed by atoms with Crippen LogP contribution in [0.4, 0.5) is 23.7 Å². The molecule has 0 atom stereocenters. The van der Waals surface area contributed by atoms with Gasteiger partial charge >= 0.3 is 19.4 Å². The minimum absolute atomic E-state index is 0.0545. The van der Waals surface area contributed by atoms with Crippen LogP contribution in [0.25, 0.3) is 6.08 Å². The van der Waals surface area contributed by atoms with E-state index in [-0.39, 0.29) is 23.3 Å². The highest BCUT2D eigenvalue weighted by atomic mass is 19.4. The number of rotatable bonds is 4. The lowest BCUT2D eigenvalue weighted by molar-refractivity contribution is -0.137. The third-order valence-corrected chi connectivity index (χ3v) is 5.17. The number of nitrogens with two attached hydrogens (primary N) is 1. The molecule has 0 radical (unpaired) electrons. The zero-order chi connectivity index (χ0) is 23.8. The van der Waals surface area contributed by atoms with Gasteiger partial charge in [0.1, 0.15) is 5.60 Å². The fourth-order valence-electron chi connectivity index (χ4n) is 2.86. The molecule has 1 aromatic rings. The summed E-state index contributed by atoms with van der Waals surface area (Å²) in [6, 6.07) is 3.57. The summed E-state index contributed by atoms with van der Waals surface area (Å²) < 4.78 is 57.9. The number of ether oxygens (including phenoxy) is 1. The van der Waals surface area contributed by atoms with Crippen LogP contribution in [0.2, 0.25) is 0 Å². The molecule has 1 aromatic carbocycles. The van der Waals surface area contributed by atoms with Crippen molar-refractivity contribution in [1.82, 2.24) is 5.32 Å². The predicted molar refractivity (Wildman–Crippen MR) is 114 cm³/mol. The van der Waals surface area contributed by atoms with E-state index in [1.54, 1.807) is 20.8 Å². The molecule has 1 aliphatic heterocycles. The molecule has 0 bridgehead atoms. The normalized spacial score (nSPS) is 18.8. The van der Waals surface area contributed by atoms with Crippen molar-refractivity contribution in [3.05, 3.63) is 34.8 Å². The zero-order valence-electron chi connectivity index (χ0n) is 18.9. The van der Waals surface area contributed by atoms with E-state index in [9.17, 15) is 18.0 Å². The van der Waals surface area contributed by atoms with Crippen molar-refractivity contribution in [3.63, 3.8) is 0 Å². The largest absolute Gasteiger partial charge is 0.492 e. The number of amides is 1. The first-order valence-electron chi connectivity index (χ1n) is 9.91. The average Bonchev–Trinajstić information content (AvgIpc) is 2.77. The van der Waals surface area contributed by atoms with Crippen molar-refractivity contribution in [3.8, 4) is 0 Å². The molecule has 1 aliphatic rings. The number of nitrogens with one attached hydrogen (secondary N) is 1. The molecule has 172 valence electrons. The molecule has 2 rings (SSSR count). The van der Waals surface area contributed by atoms with Crippen molar-refractivity contribution < 1.29 is 32.0 Å². The number of anilines is 1. The number of benzene rings is 1. The highest BCUT2D eigenvalue weighted by molar-refractivity contribution is 6.56. The van der Waals surface area contributed by atoms with Crippen LogP contribution in [-0.2, 0) is 20.2 Å². The maximum absolute atomic E-state index is 13.6. The van der Waals surface area contributed by atoms with Gasteiger partial charge in [0.15, 0.2) is 0 Å². The van der Waals surface area contributed by atoms with E-state index in [1.165, 1.54) is 18.2 Å². The van der Waals surface area contributed by atoms with Gasteiger partial charge in [0, 0.05) is 17.8 Å². The molecular weight excluding hydrogens is 412 g/mol. The Labute approximate surface area is 181 Å². The molecule has 0 aliphatic carbocycles. The number of halogens is 3. The Morgan fingerprint density at radius 3 is 2.19 bits per heavy atom. The van der Waals surface area contributed by atoms with E-state index in [0.29, 0.717) is 0 Å². The van der Waals surface area contributed by atoms with Crippen LogP contribution in [0.5, 0.6) is 0 Å². The van der Waals surface area contributed by atoms with Crippen LogP contribution >= 0.6 is 0 Å². The van der Waals surface area contributed by atoms with E-state index < -0.39 is 41.8 Å². The van der Waals surface area contributed by atoms with Crippen molar-refractivity contribution >= 4 is 25.0 Å². The molecule has 0 unspecified atom stereocenters. The van der Waals surface area contributed by atoms with Gasteiger partial charge in [-0.3, -0.25) is 0 Å². The number of carbonyl (C=O) groups excluding carboxylic acids is 1. The standard InChI is InChI=1S/C21H30BF3N2O4/c1-18(2,3)29-17(28)27-12-13(22-30-19(4,5)20(6,7)31-22)11-14-15(21(23,24)25)9-8-10-16(14)26/h8-11H,12,26H2,1-7H3,(H,27,28). The number of hydrogen-bond acceptors (Lipinski definition) is 5. The first-order valence-corrected chi connectivity index (χ1v) is 9.91. The maximum atomic E-state index is 13.6. The molecule has 1 heterocycles. The summed E-state index contributed by atoms with van der Waals surface area (Å²) in [5.74, 6) is 0. The van der Waals surface area contributed by atoms with Crippen LogP contribution in [0, 0.1) is 0 Å². The molecule has 0 saturated carbocycles. The van der Waals surface area contributed by atoms with Gasteiger partial charge in [0.05, 0.1) is 16.8 Å². The topological polar surface area (TPSA) is 82.8 Å². The molecule has 0 spiro atoms. The maximum Gasteiger partial charge on any atom is 0.492 e. The number of hydrogen-bond donors (Lipinski definition) is 2. The monoisotopic (exact) mass is 442 g/mol. The summed E-state index contributed by atoms with van der Waals surface area (Å²) in [6.07, 6.45) is -4.06. The lowest BCUT2D eigenvalue weighted by Crippen LogP contribution is -2.41. The molecule has 31 heavy (non-hydrogen) atoms. The third kappa shape index (κ3) is 6.16. The van der Waals surface area contributed by atoms with Gasteiger partial charge in [-0.15, -0.1) is 0 Å². The first-order chi connectivity index (χ1) is 13.9. The summed E-state index contributed by atoms with van der Waals surface area (Å²) in [5.41, 5.74) is 2.80. The summed E-state index contributed by atoms with van der Waals surface area (Å²) in [7, 11) is -0.986. The Morgan fingerprint density at radius 2 is 1.71 bits per heavy atom. The second kappa shape index (κ2) is 8.39. The quantitative estimate of drug-likeness (QED) is 0.516. The number of alkyl halides is 3. The van der Waals surface area contributed by atoms with E-state index in [2.05, 4.69) is 5.32 Å².